The Morgan fingerprint density at radius 2 is 2.17 bits per heavy atom. The summed E-state index contributed by atoms with van der Waals surface area (Å²) in [6.45, 7) is 1.57. The van der Waals surface area contributed by atoms with Gasteiger partial charge in [0, 0.05) is 26.1 Å². The summed E-state index contributed by atoms with van der Waals surface area (Å²) in [5.41, 5.74) is 1.01. The minimum atomic E-state index is -3.73. The standard InChI is InChI=1S/C15H22N2O6S/c1-22-14-5-3-12(4-6-15(18)19)11-13(14)16-24(20,21)17-7-2-9-23-10-8-17/h3,5,11,16H,2,4,6-10H2,1H3,(H,18,19). The second kappa shape index (κ2) is 8.32. The number of ether oxygens (including phenoxy) is 2. The van der Waals surface area contributed by atoms with Crippen LogP contribution in [-0.2, 0) is 26.2 Å². The van der Waals surface area contributed by atoms with Crippen molar-refractivity contribution in [2.75, 3.05) is 38.1 Å². The van der Waals surface area contributed by atoms with Crippen molar-refractivity contribution in [3.63, 3.8) is 0 Å². The molecule has 0 bridgehead atoms. The zero-order valence-electron chi connectivity index (χ0n) is 13.5. The molecule has 1 aliphatic heterocycles. The van der Waals surface area contributed by atoms with Crippen molar-refractivity contribution in [1.82, 2.24) is 4.31 Å². The normalized spacial score (nSPS) is 16.4. The van der Waals surface area contributed by atoms with Crippen LogP contribution in [0.3, 0.4) is 0 Å². The molecule has 9 heteroatoms. The predicted octanol–water partition coefficient (Wildman–Crippen LogP) is 1.09. The fourth-order valence-electron chi connectivity index (χ4n) is 2.41. The van der Waals surface area contributed by atoms with Gasteiger partial charge in [-0.3, -0.25) is 9.52 Å². The smallest absolute Gasteiger partial charge is 0.303 e. The second-order valence-electron chi connectivity index (χ2n) is 5.40. The molecule has 1 aliphatic rings. The maximum Gasteiger partial charge on any atom is 0.303 e. The van der Waals surface area contributed by atoms with Crippen molar-refractivity contribution < 1.29 is 27.8 Å². The number of carbonyl (C=O) groups is 1. The number of methoxy groups -OCH3 is 1. The lowest BCUT2D eigenvalue weighted by atomic mass is 10.1. The summed E-state index contributed by atoms with van der Waals surface area (Å²) in [4.78, 5) is 10.7. The molecule has 1 aromatic rings. The van der Waals surface area contributed by atoms with E-state index >= 15 is 0 Å². The molecule has 24 heavy (non-hydrogen) atoms. The van der Waals surface area contributed by atoms with Gasteiger partial charge >= 0.3 is 16.2 Å². The molecule has 0 unspecified atom stereocenters. The van der Waals surface area contributed by atoms with Crippen molar-refractivity contribution >= 4 is 21.9 Å². The summed E-state index contributed by atoms with van der Waals surface area (Å²) in [6, 6.07) is 4.95. The van der Waals surface area contributed by atoms with Crippen molar-refractivity contribution in [2.24, 2.45) is 0 Å². The Kier molecular flexibility index (Phi) is 6.41. The van der Waals surface area contributed by atoms with E-state index in [2.05, 4.69) is 4.72 Å². The van der Waals surface area contributed by atoms with Crippen LogP contribution in [-0.4, -0.2) is 57.2 Å². The van der Waals surface area contributed by atoms with Crippen LogP contribution in [0.1, 0.15) is 18.4 Å². The summed E-state index contributed by atoms with van der Waals surface area (Å²) >= 11 is 0. The molecule has 0 radical (unpaired) electrons. The summed E-state index contributed by atoms with van der Waals surface area (Å²) < 4.78 is 39.5. The van der Waals surface area contributed by atoms with E-state index < -0.39 is 16.2 Å². The lowest BCUT2D eigenvalue weighted by Crippen LogP contribution is -2.37. The van der Waals surface area contributed by atoms with Crippen molar-refractivity contribution in [2.45, 2.75) is 19.3 Å². The largest absolute Gasteiger partial charge is 0.495 e. The second-order valence-corrected chi connectivity index (χ2v) is 7.07. The molecule has 0 amide bonds. The topological polar surface area (TPSA) is 105 Å². The lowest BCUT2D eigenvalue weighted by molar-refractivity contribution is -0.136. The Bertz CT molecular complexity index is 669. The molecule has 1 fully saturated rings. The van der Waals surface area contributed by atoms with Crippen LogP contribution in [0.2, 0.25) is 0 Å². The van der Waals surface area contributed by atoms with Gasteiger partial charge in [-0.2, -0.15) is 12.7 Å². The number of aliphatic carboxylic acids is 1. The SMILES string of the molecule is COc1ccc(CCC(=O)O)cc1NS(=O)(=O)N1CCCOCC1. The number of nitrogens with zero attached hydrogens (tertiary/aromatic N) is 1. The molecule has 0 aliphatic carbocycles. The van der Waals surface area contributed by atoms with Gasteiger partial charge in [0.2, 0.25) is 0 Å². The highest BCUT2D eigenvalue weighted by Gasteiger charge is 2.24. The van der Waals surface area contributed by atoms with Crippen LogP contribution in [0, 0.1) is 0 Å². The third kappa shape index (κ3) is 5.08. The van der Waals surface area contributed by atoms with E-state index in [-0.39, 0.29) is 13.0 Å². The van der Waals surface area contributed by atoms with Crippen LogP contribution < -0.4 is 9.46 Å². The van der Waals surface area contributed by atoms with Gasteiger partial charge in [0.05, 0.1) is 19.4 Å². The summed E-state index contributed by atoms with van der Waals surface area (Å²) in [6.07, 6.45) is 0.921. The first-order chi connectivity index (χ1) is 11.4. The molecule has 2 N–H and O–H groups in total. The van der Waals surface area contributed by atoms with Gasteiger partial charge in [-0.1, -0.05) is 6.07 Å². The highest BCUT2D eigenvalue weighted by Crippen LogP contribution is 2.27. The maximum atomic E-state index is 12.6. The van der Waals surface area contributed by atoms with Crippen LogP contribution >= 0.6 is 0 Å². The predicted molar refractivity (Wildman–Crippen MR) is 88.5 cm³/mol. The summed E-state index contributed by atoms with van der Waals surface area (Å²) in [5, 5.41) is 8.77. The number of benzene rings is 1. The first-order valence-corrected chi connectivity index (χ1v) is 9.11. The van der Waals surface area contributed by atoms with E-state index in [0.29, 0.717) is 44.0 Å². The minimum Gasteiger partial charge on any atom is -0.495 e. The van der Waals surface area contributed by atoms with E-state index in [1.54, 1.807) is 18.2 Å². The lowest BCUT2D eigenvalue weighted by Gasteiger charge is -2.21. The van der Waals surface area contributed by atoms with Gasteiger partial charge in [0.25, 0.3) is 0 Å². The molecule has 2 rings (SSSR count). The fourth-order valence-corrected chi connectivity index (χ4v) is 3.66. The van der Waals surface area contributed by atoms with Crippen molar-refractivity contribution in [3.8, 4) is 5.75 Å². The average Bonchev–Trinajstić information content (AvgIpc) is 2.82. The molecule has 1 heterocycles. The maximum absolute atomic E-state index is 12.6. The third-order valence-corrected chi connectivity index (χ3v) is 5.17. The third-order valence-electron chi connectivity index (χ3n) is 3.65. The Labute approximate surface area is 141 Å². The molecule has 0 spiro atoms. The minimum absolute atomic E-state index is 0.0258. The quantitative estimate of drug-likeness (QED) is 0.756. The number of hydrogen-bond acceptors (Lipinski definition) is 5. The summed E-state index contributed by atoms with van der Waals surface area (Å²) in [5.74, 6) is -0.527. The van der Waals surface area contributed by atoms with E-state index in [1.807, 2.05) is 0 Å². The number of hydrogen-bond donors (Lipinski definition) is 2. The molecule has 0 saturated carbocycles. The molecular formula is C15H22N2O6S. The number of nitrogens with one attached hydrogen (secondary N) is 1. The van der Waals surface area contributed by atoms with E-state index in [0.717, 1.165) is 5.56 Å². The first kappa shape index (κ1) is 18.5. The van der Waals surface area contributed by atoms with E-state index in [4.69, 9.17) is 14.6 Å². The fraction of sp³-hybridized carbons (Fsp3) is 0.533. The Balaban J connectivity index is 2.19. The first-order valence-electron chi connectivity index (χ1n) is 7.67. The van der Waals surface area contributed by atoms with Crippen molar-refractivity contribution in [1.29, 1.82) is 0 Å². The average molecular weight is 358 g/mol. The number of carboxylic acids is 1. The van der Waals surface area contributed by atoms with Crippen LogP contribution in [0.15, 0.2) is 18.2 Å². The number of aryl methyl sites for hydroxylation is 1. The molecule has 134 valence electrons. The van der Waals surface area contributed by atoms with Crippen LogP contribution in [0.25, 0.3) is 0 Å². The van der Waals surface area contributed by atoms with E-state index in [1.165, 1.54) is 11.4 Å². The molecule has 0 aromatic heterocycles. The van der Waals surface area contributed by atoms with Crippen LogP contribution in [0.4, 0.5) is 5.69 Å². The van der Waals surface area contributed by atoms with Gasteiger partial charge in [-0.25, -0.2) is 0 Å². The zero-order valence-corrected chi connectivity index (χ0v) is 14.3. The number of carboxylic acid groups (broad SMARTS) is 1. The van der Waals surface area contributed by atoms with E-state index in [9.17, 15) is 13.2 Å². The highest BCUT2D eigenvalue weighted by atomic mass is 32.2. The number of rotatable bonds is 7. The van der Waals surface area contributed by atoms with Crippen LogP contribution in [0.5, 0.6) is 5.75 Å². The Morgan fingerprint density at radius 3 is 2.88 bits per heavy atom. The van der Waals surface area contributed by atoms with Gasteiger partial charge in [0.15, 0.2) is 0 Å². The van der Waals surface area contributed by atoms with Gasteiger partial charge in [0.1, 0.15) is 5.75 Å². The molecule has 0 atom stereocenters. The Morgan fingerprint density at radius 1 is 1.38 bits per heavy atom. The Hall–Kier alpha value is -1.84. The van der Waals surface area contributed by atoms with Gasteiger partial charge < -0.3 is 14.6 Å². The number of anilines is 1. The molecule has 8 nitrogen and oxygen atoms in total. The monoisotopic (exact) mass is 358 g/mol. The highest BCUT2D eigenvalue weighted by molar-refractivity contribution is 7.90. The molecule has 1 saturated heterocycles. The van der Waals surface area contributed by atoms with Crippen molar-refractivity contribution in [3.05, 3.63) is 23.8 Å². The molecule has 1 aromatic carbocycles. The van der Waals surface area contributed by atoms with Gasteiger partial charge in [-0.05, 0) is 30.5 Å². The zero-order chi connectivity index (χ0) is 17.6. The molecular weight excluding hydrogens is 336 g/mol. The van der Waals surface area contributed by atoms with Gasteiger partial charge in [-0.15, -0.1) is 0 Å². The summed E-state index contributed by atoms with van der Waals surface area (Å²) in [7, 11) is -2.29.